The van der Waals surface area contributed by atoms with E-state index < -0.39 is 18.2 Å². The number of halogens is 1. The normalized spacial score (nSPS) is 45.8. The monoisotopic (exact) mass is 570 g/mol. The molecule has 1 unspecified atom stereocenters. The minimum Gasteiger partial charge on any atom is -0.481 e. The molecule has 4 aliphatic rings. The summed E-state index contributed by atoms with van der Waals surface area (Å²) in [7, 11) is 0. The maximum absolute atomic E-state index is 12.6. The zero-order chi connectivity index (χ0) is 26.6. The van der Waals surface area contributed by atoms with Crippen LogP contribution in [0.5, 0.6) is 0 Å². The molecule has 206 valence electrons. The van der Waals surface area contributed by atoms with Gasteiger partial charge >= 0.3 is 11.9 Å². The van der Waals surface area contributed by atoms with Crippen LogP contribution in [0.25, 0.3) is 0 Å². The molecule has 0 aromatic heterocycles. The lowest BCUT2D eigenvalue weighted by Crippen LogP contribution is -2.62. The Hall–Kier alpha value is -0.660. The number of ether oxygens (including phenoxy) is 1. The van der Waals surface area contributed by atoms with E-state index in [0.717, 1.165) is 38.5 Å². The van der Waals surface area contributed by atoms with Crippen LogP contribution in [-0.4, -0.2) is 50.4 Å². The van der Waals surface area contributed by atoms with Gasteiger partial charge in [-0.3, -0.25) is 9.59 Å². The molecule has 4 fully saturated rings. The Morgan fingerprint density at radius 2 is 1.72 bits per heavy atom. The van der Waals surface area contributed by atoms with Gasteiger partial charge in [-0.15, -0.1) is 0 Å². The van der Waals surface area contributed by atoms with E-state index in [-0.39, 0.29) is 75.6 Å². The lowest BCUT2D eigenvalue weighted by Gasteiger charge is -2.63. The van der Waals surface area contributed by atoms with E-state index in [1.165, 1.54) is 0 Å². The first kappa shape index (κ1) is 28.4. The smallest absolute Gasteiger partial charge is 0.320 e. The molecule has 7 heteroatoms. The largest absolute Gasteiger partial charge is 0.481 e. The highest BCUT2D eigenvalue weighted by molar-refractivity contribution is 9.10. The fourth-order valence-electron chi connectivity index (χ4n) is 9.28. The second kappa shape index (κ2) is 10.5. The average Bonchev–Trinajstić information content (AvgIpc) is 3.17. The summed E-state index contributed by atoms with van der Waals surface area (Å²) in [5.74, 6) is 0.693. The van der Waals surface area contributed by atoms with Crippen LogP contribution in [0.2, 0.25) is 0 Å². The number of hydrogen-bond acceptors (Lipinski definition) is 5. The molecule has 12 atom stereocenters. The summed E-state index contributed by atoms with van der Waals surface area (Å²) in [4.78, 5) is 23.5. The zero-order valence-corrected chi connectivity index (χ0v) is 24.2. The summed E-state index contributed by atoms with van der Waals surface area (Å²) in [6.45, 7) is 10.7. The molecule has 0 amide bonds. The first-order valence-corrected chi connectivity index (χ1v) is 15.1. The third kappa shape index (κ3) is 4.79. The van der Waals surface area contributed by atoms with Gasteiger partial charge in [0.2, 0.25) is 0 Å². The standard InChI is InChI=1S/C29H47BrO6/c1-15(2)26(30)27(35)36-18-10-11-28(4)17(12-18)13-22(31)25-20-8-7-19(16(3)6-9-24(33)34)29(20,5)23(32)14-21(25)28/h15-23,25-26,31-32H,6-14H2,1-5H3,(H,33,34)/t16-,17+,18-,19-,20+,21+,22-,23+,25+,26?,28+,29-/m1/s1. The van der Waals surface area contributed by atoms with Crippen molar-refractivity contribution in [2.45, 2.75) is 116 Å². The lowest BCUT2D eigenvalue weighted by atomic mass is 9.43. The number of fused-ring (bicyclic) bond motifs is 5. The lowest BCUT2D eigenvalue weighted by molar-refractivity contribution is -0.209. The fraction of sp³-hybridized carbons (Fsp3) is 0.931. The Morgan fingerprint density at radius 3 is 2.36 bits per heavy atom. The minimum absolute atomic E-state index is 0.0218. The van der Waals surface area contributed by atoms with Gasteiger partial charge in [0.1, 0.15) is 10.9 Å². The van der Waals surface area contributed by atoms with Crippen LogP contribution in [0.3, 0.4) is 0 Å². The van der Waals surface area contributed by atoms with Crippen molar-refractivity contribution in [1.29, 1.82) is 0 Å². The molecule has 0 radical (unpaired) electrons. The number of aliphatic carboxylic acids is 1. The van der Waals surface area contributed by atoms with E-state index >= 15 is 0 Å². The molecular formula is C29H47BrO6. The van der Waals surface area contributed by atoms with Crippen LogP contribution < -0.4 is 0 Å². The molecule has 0 aromatic rings. The number of alkyl halides is 1. The van der Waals surface area contributed by atoms with Crippen LogP contribution in [0.4, 0.5) is 0 Å². The number of carboxylic acid groups (broad SMARTS) is 1. The number of esters is 1. The molecule has 0 aliphatic heterocycles. The summed E-state index contributed by atoms with van der Waals surface area (Å²) in [6.07, 6.45) is 5.84. The third-order valence-electron chi connectivity index (χ3n) is 11.4. The maximum Gasteiger partial charge on any atom is 0.320 e. The highest BCUT2D eigenvalue weighted by Gasteiger charge is 2.65. The van der Waals surface area contributed by atoms with Crippen molar-refractivity contribution >= 4 is 27.9 Å². The summed E-state index contributed by atoms with van der Waals surface area (Å²) in [6, 6.07) is 0. The van der Waals surface area contributed by atoms with Crippen molar-refractivity contribution in [1.82, 2.24) is 0 Å². The Bertz CT molecular complexity index is 833. The SMILES string of the molecule is CC(C)C(Br)C(=O)O[C@@H]1CC[C@@]2(C)[C@@H](C1)C[C@@H](O)[C@@H]1[C@@H]2C[C@H](O)[C@]2(C)[C@@H]([C@H](C)CCC(=O)O)CC[C@@H]12. The molecule has 0 heterocycles. The topological polar surface area (TPSA) is 104 Å². The Kier molecular flexibility index (Phi) is 8.26. The molecule has 4 saturated carbocycles. The number of carbonyl (C=O) groups is 2. The van der Waals surface area contributed by atoms with Crippen molar-refractivity contribution in [3.05, 3.63) is 0 Å². The van der Waals surface area contributed by atoms with Crippen LogP contribution in [0.1, 0.15) is 92.4 Å². The van der Waals surface area contributed by atoms with Crippen LogP contribution in [0, 0.1) is 52.3 Å². The zero-order valence-electron chi connectivity index (χ0n) is 22.7. The number of aliphatic hydroxyl groups excluding tert-OH is 2. The highest BCUT2D eigenvalue weighted by Crippen LogP contribution is 2.68. The van der Waals surface area contributed by atoms with Crippen LogP contribution in [-0.2, 0) is 14.3 Å². The van der Waals surface area contributed by atoms with Crippen LogP contribution >= 0.6 is 15.9 Å². The Labute approximate surface area is 225 Å². The summed E-state index contributed by atoms with van der Waals surface area (Å²) in [5, 5.41) is 32.4. The second-order valence-corrected chi connectivity index (χ2v) is 14.5. The number of rotatable bonds is 7. The summed E-state index contributed by atoms with van der Waals surface area (Å²) < 4.78 is 5.91. The molecule has 0 bridgehead atoms. The van der Waals surface area contributed by atoms with Crippen molar-refractivity contribution in [2.24, 2.45) is 52.3 Å². The molecule has 3 N–H and O–H groups in total. The predicted octanol–water partition coefficient (Wildman–Crippen LogP) is 5.42. The highest BCUT2D eigenvalue weighted by atomic mass is 79.9. The third-order valence-corrected chi connectivity index (χ3v) is 12.8. The Balaban J connectivity index is 1.50. The first-order chi connectivity index (χ1) is 16.8. The number of aliphatic hydroxyl groups is 2. The van der Waals surface area contributed by atoms with E-state index in [4.69, 9.17) is 4.74 Å². The first-order valence-electron chi connectivity index (χ1n) is 14.2. The molecule has 6 nitrogen and oxygen atoms in total. The van der Waals surface area contributed by atoms with Crippen molar-refractivity contribution in [2.75, 3.05) is 0 Å². The van der Waals surface area contributed by atoms with Gasteiger partial charge in [0, 0.05) is 6.42 Å². The van der Waals surface area contributed by atoms with E-state index in [1.807, 2.05) is 13.8 Å². The number of hydrogen-bond donors (Lipinski definition) is 3. The predicted molar refractivity (Wildman–Crippen MR) is 141 cm³/mol. The van der Waals surface area contributed by atoms with Crippen molar-refractivity contribution in [3.8, 4) is 0 Å². The molecule has 0 spiro atoms. The van der Waals surface area contributed by atoms with E-state index in [0.29, 0.717) is 12.8 Å². The van der Waals surface area contributed by atoms with Gasteiger partial charge in [-0.25, -0.2) is 0 Å². The van der Waals surface area contributed by atoms with Gasteiger partial charge in [0.25, 0.3) is 0 Å². The van der Waals surface area contributed by atoms with Crippen LogP contribution in [0.15, 0.2) is 0 Å². The van der Waals surface area contributed by atoms with Crippen molar-refractivity contribution in [3.63, 3.8) is 0 Å². The van der Waals surface area contributed by atoms with Gasteiger partial charge in [0.15, 0.2) is 0 Å². The van der Waals surface area contributed by atoms with E-state index in [1.54, 1.807) is 0 Å². The minimum atomic E-state index is -0.760. The van der Waals surface area contributed by atoms with Gasteiger partial charge < -0.3 is 20.1 Å². The quantitative estimate of drug-likeness (QED) is 0.279. The van der Waals surface area contributed by atoms with Gasteiger partial charge in [0.05, 0.1) is 12.2 Å². The molecule has 36 heavy (non-hydrogen) atoms. The molecule has 4 aliphatic carbocycles. The van der Waals surface area contributed by atoms with E-state index in [2.05, 4.69) is 36.7 Å². The molecule has 0 saturated heterocycles. The molecular weight excluding hydrogens is 524 g/mol. The van der Waals surface area contributed by atoms with Gasteiger partial charge in [-0.05, 0) is 104 Å². The second-order valence-electron chi connectivity index (χ2n) is 13.5. The number of carboxylic acids is 1. The number of carbonyl (C=O) groups excluding carboxylic acids is 1. The summed E-state index contributed by atoms with van der Waals surface area (Å²) >= 11 is 3.47. The maximum atomic E-state index is 12.6. The fourth-order valence-corrected chi connectivity index (χ4v) is 9.38. The van der Waals surface area contributed by atoms with Gasteiger partial charge in [-0.2, -0.15) is 0 Å². The van der Waals surface area contributed by atoms with Gasteiger partial charge in [-0.1, -0.05) is 50.5 Å². The van der Waals surface area contributed by atoms with Crippen molar-refractivity contribution < 1.29 is 29.6 Å². The average molecular weight is 572 g/mol. The molecule has 4 rings (SSSR count). The summed E-state index contributed by atoms with van der Waals surface area (Å²) in [5.41, 5.74) is -0.258. The molecule has 0 aromatic carbocycles. The Morgan fingerprint density at radius 1 is 1.03 bits per heavy atom. The van der Waals surface area contributed by atoms with E-state index in [9.17, 15) is 24.9 Å².